The zero-order valence-corrected chi connectivity index (χ0v) is 11.3. The fourth-order valence-corrected chi connectivity index (χ4v) is 2.19. The first-order valence-electron chi connectivity index (χ1n) is 6.64. The summed E-state index contributed by atoms with van der Waals surface area (Å²) in [4.78, 5) is 7.20. The van der Waals surface area contributed by atoms with Gasteiger partial charge in [-0.3, -0.25) is 4.98 Å². The molecule has 0 bridgehead atoms. The Hall–Kier alpha value is -3.12. The Morgan fingerprint density at radius 1 is 0.857 bits per heavy atom. The van der Waals surface area contributed by atoms with Crippen LogP contribution in [0, 0.1) is 11.3 Å². The second-order valence-corrected chi connectivity index (χ2v) is 4.56. The summed E-state index contributed by atoms with van der Waals surface area (Å²) in [7, 11) is 0. The molecule has 3 nitrogen and oxygen atoms in total. The predicted molar refractivity (Wildman–Crippen MR) is 84.8 cm³/mol. The standard InChI is InChI=1S/C9H6N2.C9H7N/c10-6-8-3-1-2-7-4-5-11-9(7)8;1-2-6-9-8(4-1)5-3-7-10-9/h1-5,11H;1-7H. The maximum atomic E-state index is 8.68. The summed E-state index contributed by atoms with van der Waals surface area (Å²) >= 11 is 0. The van der Waals surface area contributed by atoms with Crippen molar-refractivity contribution in [2.45, 2.75) is 0 Å². The van der Waals surface area contributed by atoms with Crippen LogP contribution in [0.3, 0.4) is 0 Å². The molecule has 100 valence electrons. The lowest BCUT2D eigenvalue weighted by atomic mass is 10.2. The number of aromatic amines is 1. The van der Waals surface area contributed by atoms with Gasteiger partial charge in [-0.1, -0.05) is 36.4 Å². The first-order chi connectivity index (χ1) is 10.4. The third-order valence-corrected chi connectivity index (χ3v) is 3.22. The number of nitriles is 1. The van der Waals surface area contributed by atoms with Crippen LogP contribution in [0.25, 0.3) is 21.8 Å². The van der Waals surface area contributed by atoms with Crippen molar-refractivity contribution in [3.05, 3.63) is 78.6 Å². The zero-order valence-electron chi connectivity index (χ0n) is 11.3. The van der Waals surface area contributed by atoms with Gasteiger partial charge in [0, 0.05) is 23.2 Å². The number of benzene rings is 2. The van der Waals surface area contributed by atoms with Gasteiger partial charge in [-0.15, -0.1) is 0 Å². The summed E-state index contributed by atoms with van der Waals surface area (Å²) in [6, 6.07) is 21.8. The molecule has 3 heteroatoms. The Morgan fingerprint density at radius 3 is 2.52 bits per heavy atom. The number of H-pyrrole nitrogens is 1. The summed E-state index contributed by atoms with van der Waals surface area (Å²) < 4.78 is 0. The molecule has 0 saturated carbocycles. The minimum Gasteiger partial charge on any atom is -0.360 e. The Kier molecular flexibility index (Phi) is 3.62. The molecular formula is C18H13N3. The largest absolute Gasteiger partial charge is 0.360 e. The fraction of sp³-hybridized carbons (Fsp3) is 0. The first-order valence-corrected chi connectivity index (χ1v) is 6.64. The molecule has 0 aliphatic rings. The van der Waals surface area contributed by atoms with Crippen LogP contribution in [-0.4, -0.2) is 9.97 Å². The number of hydrogen-bond donors (Lipinski definition) is 1. The van der Waals surface area contributed by atoms with Gasteiger partial charge in [0.2, 0.25) is 0 Å². The molecule has 1 N–H and O–H groups in total. The SMILES string of the molecule is N#Cc1cccc2cc[nH]c12.c1ccc2ncccc2c1. The van der Waals surface area contributed by atoms with Crippen LogP contribution in [0.2, 0.25) is 0 Å². The highest BCUT2D eigenvalue weighted by Gasteiger charge is 1.97. The summed E-state index contributed by atoms with van der Waals surface area (Å²) in [6.45, 7) is 0. The number of nitrogens with one attached hydrogen (secondary N) is 1. The van der Waals surface area contributed by atoms with Gasteiger partial charge >= 0.3 is 0 Å². The molecule has 0 aliphatic carbocycles. The van der Waals surface area contributed by atoms with Crippen molar-refractivity contribution in [2.24, 2.45) is 0 Å². The number of rotatable bonds is 0. The Labute approximate surface area is 122 Å². The maximum absolute atomic E-state index is 8.68. The average molecular weight is 271 g/mol. The van der Waals surface area contributed by atoms with Gasteiger partial charge in [-0.25, -0.2) is 0 Å². The summed E-state index contributed by atoms with van der Waals surface area (Å²) in [5.74, 6) is 0. The quantitative estimate of drug-likeness (QED) is 0.519. The van der Waals surface area contributed by atoms with E-state index in [2.05, 4.69) is 28.2 Å². The predicted octanol–water partition coefficient (Wildman–Crippen LogP) is 4.27. The minimum atomic E-state index is 0.701. The maximum Gasteiger partial charge on any atom is 0.101 e. The summed E-state index contributed by atoms with van der Waals surface area (Å²) in [5.41, 5.74) is 2.69. The molecule has 0 radical (unpaired) electrons. The van der Waals surface area contributed by atoms with E-state index in [0.717, 1.165) is 16.4 Å². The van der Waals surface area contributed by atoms with Gasteiger partial charge in [0.15, 0.2) is 0 Å². The van der Waals surface area contributed by atoms with Crippen molar-refractivity contribution in [2.75, 3.05) is 0 Å². The van der Waals surface area contributed by atoms with Gasteiger partial charge in [0.1, 0.15) is 6.07 Å². The van der Waals surface area contributed by atoms with Crippen LogP contribution in [0.15, 0.2) is 73.1 Å². The number of pyridine rings is 1. The normalized spacial score (nSPS) is 9.86. The molecule has 0 amide bonds. The highest BCUT2D eigenvalue weighted by molar-refractivity contribution is 5.84. The third kappa shape index (κ3) is 2.75. The highest BCUT2D eigenvalue weighted by atomic mass is 14.7. The van der Waals surface area contributed by atoms with E-state index in [0.29, 0.717) is 5.56 Å². The number of nitrogens with zero attached hydrogens (tertiary/aromatic N) is 2. The second kappa shape index (κ2) is 5.89. The highest BCUT2D eigenvalue weighted by Crippen LogP contribution is 2.15. The molecule has 21 heavy (non-hydrogen) atoms. The molecule has 2 heterocycles. The fourth-order valence-electron chi connectivity index (χ4n) is 2.19. The first kappa shape index (κ1) is 12.9. The smallest absolute Gasteiger partial charge is 0.101 e. The Balaban J connectivity index is 0.000000126. The van der Waals surface area contributed by atoms with E-state index < -0.39 is 0 Å². The van der Waals surface area contributed by atoms with E-state index in [1.54, 1.807) is 6.07 Å². The van der Waals surface area contributed by atoms with Crippen molar-refractivity contribution in [3.8, 4) is 6.07 Å². The van der Waals surface area contributed by atoms with E-state index in [4.69, 9.17) is 5.26 Å². The molecule has 2 aromatic heterocycles. The third-order valence-electron chi connectivity index (χ3n) is 3.22. The summed E-state index contributed by atoms with van der Waals surface area (Å²) in [6.07, 6.45) is 3.65. The van der Waals surface area contributed by atoms with Crippen molar-refractivity contribution in [3.63, 3.8) is 0 Å². The van der Waals surface area contributed by atoms with Gasteiger partial charge in [0.25, 0.3) is 0 Å². The number of fused-ring (bicyclic) bond motifs is 2. The second-order valence-electron chi connectivity index (χ2n) is 4.56. The molecule has 2 aromatic carbocycles. The van der Waals surface area contributed by atoms with Crippen molar-refractivity contribution < 1.29 is 0 Å². The molecule has 4 aromatic rings. The average Bonchev–Trinajstić information content (AvgIpc) is 3.04. The van der Waals surface area contributed by atoms with E-state index in [-0.39, 0.29) is 0 Å². The Morgan fingerprint density at radius 2 is 1.67 bits per heavy atom. The Bertz CT molecular complexity index is 851. The van der Waals surface area contributed by atoms with Gasteiger partial charge in [0.05, 0.1) is 16.6 Å². The molecule has 0 fully saturated rings. The lowest BCUT2D eigenvalue weighted by Gasteiger charge is -1.91. The summed E-state index contributed by atoms with van der Waals surface area (Å²) in [5, 5.41) is 11.0. The lowest BCUT2D eigenvalue weighted by Crippen LogP contribution is -1.75. The number of hydrogen-bond acceptors (Lipinski definition) is 2. The molecule has 0 atom stereocenters. The van der Waals surface area contributed by atoms with Gasteiger partial charge in [-0.2, -0.15) is 5.26 Å². The van der Waals surface area contributed by atoms with Crippen LogP contribution < -0.4 is 0 Å². The minimum absolute atomic E-state index is 0.701. The van der Waals surface area contributed by atoms with Crippen LogP contribution in [-0.2, 0) is 0 Å². The molecule has 4 rings (SSSR count). The van der Waals surface area contributed by atoms with Crippen LogP contribution in [0.1, 0.15) is 5.56 Å². The molecule has 0 saturated heterocycles. The van der Waals surface area contributed by atoms with Crippen LogP contribution in [0.4, 0.5) is 0 Å². The topological polar surface area (TPSA) is 52.5 Å². The van der Waals surface area contributed by atoms with Gasteiger partial charge < -0.3 is 4.98 Å². The van der Waals surface area contributed by atoms with Crippen molar-refractivity contribution >= 4 is 21.8 Å². The van der Waals surface area contributed by atoms with E-state index in [9.17, 15) is 0 Å². The van der Waals surface area contributed by atoms with Crippen molar-refractivity contribution in [1.29, 1.82) is 5.26 Å². The van der Waals surface area contributed by atoms with Crippen LogP contribution in [0.5, 0.6) is 0 Å². The van der Waals surface area contributed by atoms with Crippen LogP contribution >= 0.6 is 0 Å². The van der Waals surface area contributed by atoms with E-state index in [1.807, 2.05) is 54.9 Å². The van der Waals surface area contributed by atoms with Gasteiger partial charge in [-0.05, 0) is 24.3 Å². The monoisotopic (exact) mass is 271 g/mol. The van der Waals surface area contributed by atoms with Crippen molar-refractivity contribution in [1.82, 2.24) is 9.97 Å². The molecular weight excluding hydrogens is 258 g/mol. The molecule has 0 unspecified atom stereocenters. The zero-order chi connectivity index (χ0) is 14.5. The number of aromatic nitrogens is 2. The number of para-hydroxylation sites is 2. The molecule has 0 spiro atoms. The van der Waals surface area contributed by atoms with E-state index >= 15 is 0 Å². The molecule has 0 aliphatic heterocycles. The lowest BCUT2D eigenvalue weighted by molar-refractivity contribution is 1.41. The van der Waals surface area contributed by atoms with E-state index in [1.165, 1.54) is 5.39 Å².